The first-order valence-electron chi connectivity index (χ1n) is 8.84. The molecule has 0 fully saturated rings. The molecule has 1 N–H and O–H groups in total. The molecule has 4 rings (SSSR count). The molecule has 0 amide bonds. The smallest absolute Gasteiger partial charge is 0.268 e. The molecule has 154 valence electrons. The molecule has 0 unspecified atom stereocenters. The molecule has 30 heavy (non-hydrogen) atoms. The van der Waals surface area contributed by atoms with E-state index in [-0.39, 0.29) is 21.3 Å². The average molecular weight is 444 g/mol. The van der Waals surface area contributed by atoms with Gasteiger partial charge >= 0.3 is 0 Å². The summed E-state index contributed by atoms with van der Waals surface area (Å²) in [4.78, 5) is 11.4. The van der Waals surface area contributed by atoms with E-state index in [1.165, 1.54) is 48.6 Å². The van der Waals surface area contributed by atoms with Crippen molar-refractivity contribution < 1.29 is 26.7 Å². The second-order valence-corrected chi connectivity index (χ2v) is 10.8. The highest BCUT2D eigenvalue weighted by Crippen LogP contribution is 2.35. The Morgan fingerprint density at radius 1 is 0.867 bits per heavy atom. The molecule has 9 heteroatoms. The molecule has 0 radical (unpaired) electrons. The Labute approximate surface area is 173 Å². The molecule has 1 heterocycles. The minimum Gasteiger partial charge on any atom is -0.376 e. The summed E-state index contributed by atoms with van der Waals surface area (Å²) in [6.07, 6.45) is 5.86. The van der Waals surface area contributed by atoms with Gasteiger partial charge in [-0.15, -0.1) is 0 Å². The summed E-state index contributed by atoms with van der Waals surface area (Å²) in [7, 11) is -7.69. The van der Waals surface area contributed by atoms with Crippen LogP contribution in [0.3, 0.4) is 0 Å². The van der Waals surface area contributed by atoms with Crippen LogP contribution in [0.25, 0.3) is 10.9 Å². The molecular formula is C21H17NO6S2. The van der Waals surface area contributed by atoms with Crippen molar-refractivity contribution in [1.82, 2.24) is 3.97 Å². The monoisotopic (exact) mass is 443 g/mol. The first kappa shape index (κ1) is 20.3. The van der Waals surface area contributed by atoms with E-state index in [0.29, 0.717) is 10.9 Å². The molecule has 0 saturated heterocycles. The van der Waals surface area contributed by atoms with Crippen LogP contribution in [-0.4, -0.2) is 38.0 Å². The van der Waals surface area contributed by atoms with Gasteiger partial charge in [0.25, 0.3) is 10.0 Å². The van der Waals surface area contributed by atoms with Gasteiger partial charge in [-0.05, 0) is 60.7 Å². The number of aromatic nitrogens is 1. The maximum atomic E-state index is 13.5. The third-order valence-corrected chi connectivity index (χ3v) is 7.74. The summed E-state index contributed by atoms with van der Waals surface area (Å²) in [5.74, 6) is -0.318. The average Bonchev–Trinajstić information content (AvgIpc) is 3.11. The maximum Gasteiger partial charge on any atom is 0.268 e. The van der Waals surface area contributed by atoms with E-state index in [1.807, 2.05) is 0 Å². The van der Waals surface area contributed by atoms with E-state index >= 15 is 0 Å². The number of allylic oxidation sites excluding steroid dienone is 2. The van der Waals surface area contributed by atoms with Crippen molar-refractivity contribution in [3.63, 3.8) is 0 Å². The highest BCUT2D eigenvalue weighted by molar-refractivity contribution is 7.91. The first-order chi connectivity index (χ1) is 14.0. The lowest BCUT2D eigenvalue weighted by Crippen LogP contribution is -2.29. The fourth-order valence-corrected chi connectivity index (χ4v) is 5.54. The summed E-state index contributed by atoms with van der Waals surface area (Å²) >= 11 is 0. The largest absolute Gasteiger partial charge is 0.376 e. The Balaban J connectivity index is 1.97. The third kappa shape index (κ3) is 3.30. The fraction of sp³-hybridized carbons (Fsp3) is 0.0952. The van der Waals surface area contributed by atoms with Crippen LogP contribution in [0.1, 0.15) is 5.69 Å². The number of aliphatic hydroxyl groups is 1. The normalized spacial score (nSPS) is 16.3. The van der Waals surface area contributed by atoms with Crippen LogP contribution in [0.2, 0.25) is 0 Å². The lowest BCUT2D eigenvalue weighted by atomic mass is 9.94. The number of fused-ring (bicyclic) bond motifs is 1. The molecule has 1 aromatic heterocycles. The predicted octanol–water partition coefficient (Wildman–Crippen LogP) is 2.16. The van der Waals surface area contributed by atoms with Crippen molar-refractivity contribution in [2.45, 2.75) is 15.4 Å². The van der Waals surface area contributed by atoms with Crippen LogP contribution < -0.4 is 0 Å². The number of carbonyl (C=O) groups is 1. The molecule has 3 aromatic rings. The number of para-hydroxylation sites is 1. The molecule has 0 atom stereocenters. The van der Waals surface area contributed by atoms with Crippen LogP contribution in [0.15, 0.2) is 88.7 Å². The highest BCUT2D eigenvalue weighted by atomic mass is 32.2. The third-order valence-electron chi connectivity index (χ3n) is 4.87. The summed E-state index contributed by atoms with van der Waals surface area (Å²) < 4.78 is 51.5. The molecule has 7 nitrogen and oxygen atoms in total. The molecule has 1 aliphatic rings. The SMILES string of the molecule is CS(=O)(=O)c1ccc(S(=O)(=O)n2c(C3(O)C=CC(=O)C=C3)cc3ccccc32)cc1. The van der Waals surface area contributed by atoms with Crippen LogP contribution in [0.4, 0.5) is 0 Å². The Kier molecular flexibility index (Phi) is 4.57. The molecule has 0 aliphatic heterocycles. The van der Waals surface area contributed by atoms with E-state index in [9.17, 15) is 26.7 Å². The predicted molar refractivity (Wildman–Crippen MR) is 111 cm³/mol. The molecule has 2 aromatic carbocycles. The molecular weight excluding hydrogens is 426 g/mol. The van der Waals surface area contributed by atoms with Crippen LogP contribution >= 0.6 is 0 Å². The number of ketones is 1. The van der Waals surface area contributed by atoms with Crippen LogP contribution in [0, 0.1) is 0 Å². The van der Waals surface area contributed by atoms with Gasteiger partial charge in [-0.1, -0.05) is 18.2 Å². The number of hydrogen-bond donors (Lipinski definition) is 1. The van der Waals surface area contributed by atoms with Crippen LogP contribution in [0.5, 0.6) is 0 Å². The Hall–Kier alpha value is -3.01. The highest BCUT2D eigenvalue weighted by Gasteiger charge is 2.34. The molecule has 0 bridgehead atoms. The van der Waals surface area contributed by atoms with E-state index in [4.69, 9.17) is 0 Å². The van der Waals surface area contributed by atoms with Crippen molar-refractivity contribution in [2.24, 2.45) is 0 Å². The molecule has 0 spiro atoms. The number of nitrogens with zero attached hydrogens (tertiary/aromatic N) is 1. The van der Waals surface area contributed by atoms with E-state index in [1.54, 1.807) is 30.3 Å². The van der Waals surface area contributed by atoms with E-state index < -0.39 is 25.5 Å². The van der Waals surface area contributed by atoms with Crippen molar-refractivity contribution in [2.75, 3.05) is 6.26 Å². The minimum absolute atomic E-state index is 0.00525. The number of benzene rings is 2. The Morgan fingerprint density at radius 2 is 1.43 bits per heavy atom. The van der Waals surface area contributed by atoms with Crippen molar-refractivity contribution in [3.05, 3.63) is 84.6 Å². The minimum atomic E-state index is -4.21. The second kappa shape index (κ2) is 6.76. The van der Waals surface area contributed by atoms with Gasteiger partial charge in [0.1, 0.15) is 5.60 Å². The topological polar surface area (TPSA) is 111 Å². The number of carbonyl (C=O) groups excluding carboxylic acids is 1. The quantitative estimate of drug-likeness (QED) is 0.662. The zero-order valence-electron chi connectivity index (χ0n) is 15.8. The molecule has 0 saturated carbocycles. The van der Waals surface area contributed by atoms with Crippen LogP contribution in [-0.2, 0) is 30.3 Å². The summed E-state index contributed by atoms with van der Waals surface area (Å²) in [6.45, 7) is 0. The zero-order valence-corrected chi connectivity index (χ0v) is 17.4. The van der Waals surface area contributed by atoms with E-state index in [2.05, 4.69) is 0 Å². The van der Waals surface area contributed by atoms with Gasteiger partial charge in [0, 0.05) is 11.6 Å². The first-order valence-corrected chi connectivity index (χ1v) is 12.2. The maximum absolute atomic E-state index is 13.5. The lowest BCUT2D eigenvalue weighted by Gasteiger charge is -2.24. The van der Waals surface area contributed by atoms with Crippen molar-refractivity contribution in [1.29, 1.82) is 0 Å². The number of hydrogen-bond acceptors (Lipinski definition) is 6. The van der Waals surface area contributed by atoms with Gasteiger partial charge in [0.2, 0.25) is 0 Å². The Bertz CT molecular complexity index is 1430. The van der Waals surface area contributed by atoms with Gasteiger partial charge in [-0.25, -0.2) is 20.8 Å². The Morgan fingerprint density at radius 3 is 2.03 bits per heavy atom. The van der Waals surface area contributed by atoms with Crippen molar-refractivity contribution >= 4 is 36.5 Å². The van der Waals surface area contributed by atoms with Gasteiger partial charge in [0.15, 0.2) is 15.6 Å². The summed E-state index contributed by atoms with van der Waals surface area (Å²) in [6, 6.07) is 13.1. The number of rotatable bonds is 4. The van der Waals surface area contributed by atoms with Gasteiger partial charge in [0.05, 0.1) is 21.0 Å². The molecule has 1 aliphatic carbocycles. The number of sulfone groups is 1. The summed E-state index contributed by atoms with van der Waals surface area (Å²) in [5.41, 5.74) is -1.44. The lowest BCUT2D eigenvalue weighted by molar-refractivity contribution is -0.110. The second-order valence-electron chi connectivity index (χ2n) is 7.00. The standard InChI is InChI=1S/C21H17NO6S2/c1-29(25,26)17-6-8-18(9-7-17)30(27,28)22-19-5-3-2-4-15(19)14-20(22)21(24)12-10-16(23)11-13-21/h2-14,24H,1H3. The van der Waals surface area contributed by atoms with E-state index in [0.717, 1.165) is 10.2 Å². The summed E-state index contributed by atoms with van der Waals surface area (Å²) in [5, 5.41) is 11.7. The van der Waals surface area contributed by atoms with Gasteiger partial charge in [-0.3, -0.25) is 4.79 Å². The zero-order chi connectivity index (χ0) is 21.7. The van der Waals surface area contributed by atoms with Gasteiger partial charge in [-0.2, -0.15) is 0 Å². The fourth-order valence-electron chi connectivity index (χ4n) is 3.33. The van der Waals surface area contributed by atoms with Crippen molar-refractivity contribution in [3.8, 4) is 0 Å². The van der Waals surface area contributed by atoms with Gasteiger partial charge < -0.3 is 5.11 Å².